The fourth-order valence-corrected chi connectivity index (χ4v) is 3.03. The maximum Gasteiger partial charge on any atom is 0.273 e. The van der Waals surface area contributed by atoms with Gasteiger partial charge in [-0.3, -0.25) is 15.1 Å². The van der Waals surface area contributed by atoms with E-state index in [0.29, 0.717) is 5.56 Å². The van der Waals surface area contributed by atoms with Crippen LogP contribution in [-0.4, -0.2) is 37.9 Å². The number of allylic oxidation sites excluding steroid dienone is 1. The van der Waals surface area contributed by atoms with E-state index in [1.165, 1.54) is 7.11 Å². The second kappa shape index (κ2) is 9.22. The average molecular weight is 396 g/mol. The van der Waals surface area contributed by atoms with Gasteiger partial charge < -0.3 is 10.2 Å². The van der Waals surface area contributed by atoms with Gasteiger partial charge in [0.25, 0.3) is 5.91 Å². The SMILES string of the molecule is CNC(=O)C(=NOC)c1ccccc1C1ON1C(C)=C(NOC)c1ccccc1. The number of nitrogens with one attached hydrogen (secondary N) is 2. The number of carbonyl (C=O) groups is 1. The van der Waals surface area contributed by atoms with Crippen LogP contribution in [-0.2, 0) is 19.3 Å². The summed E-state index contributed by atoms with van der Waals surface area (Å²) in [5, 5.41) is 8.24. The largest absolute Gasteiger partial charge is 0.398 e. The number of hydrogen-bond acceptors (Lipinski definition) is 7. The summed E-state index contributed by atoms with van der Waals surface area (Å²) >= 11 is 0. The molecule has 1 aliphatic heterocycles. The second-order valence-corrected chi connectivity index (χ2v) is 6.21. The first-order valence-electron chi connectivity index (χ1n) is 9.06. The van der Waals surface area contributed by atoms with E-state index in [1.54, 1.807) is 19.2 Å². The zero-order valence-electron chi connectivity index (χ0n) is 16.8. The molecule has 1 heterocycles. The summed E-state index contributed by atoms with van der Waals surface area (Å²) in [5.41, 5.74) is 7.12. The smallest absolute Gasteiger partial charge is 0.273 e. The maximum absolute atomic E-state index is 12.3. The number of carbonyl (C=O) groups excluding carboxylic acids is 1. The number of hydrogen-bond donors (Lipinski definition) is 2. The minimum absolute atomic E-state index is 0.181. The molecular weight excluding hydrogens is 372 g/mol. The van der Waals surface area contributed by atoms with E-state index in [0.717, 1.165) is 22.5 Å². The Morgan fingerprint density at radius 2 is 1.79 bits per heavy atom. The van der Waals surface area contributed by atoms with Crippen molar-refractivity contribution < 1.29 is 19.3 Å². The van der Waals surface area contributed by atoms with E-state index >= 15 is 0 Å². The Morgan fingerprint density at radius 1 is 1.10 bits per heavy atom. The van der Waals surface area contributed by atoms with Crippen LogP contribution in [0, 0.1) is 0 Å². The molecule has 1 fully saturated rings. The lowest BCUT2D eigenvalue weighted by Crippen LogP contribution is -2.29. The Labute approximate surface area is 169 Å². The van der Waals surface area contributed by atoms with E-state index in [-0.39, 0.29) is 17.8 Å². The number of benzene rings is 2. The highest BCUT2D eigenvalue weighted by atomic mass is 16.8. The number of rotatable bonds is 8. The van der Waals surface area contributed by atoms with Crippen LogP contribution in [0.3, 0.4) is 0 Å². The third-order valence-electron chi connectivity index (χ3n) is 4.45. The third kappa shape index (κ3) is 4.39. The summed E-state index contributed by atoms with van der Waals surface area (Å²) in [6.07, 6.45) is -0.365. The Bertz CT molecular complexity index is 927. The number of likely N-dealkylation sites (N-methyl/N-ethyl adjacent to an activating group) is 1. The van der Waals surface area contributed by atoms with Crippen molar-refractivity contribution in [2.75, 3.05) is 21.3 Å². The van der Waals surface area contributed by atoms with Gasteiger partial charge in [0.05, 0.1) is 18.5 Å². The molecule has 0 bridgehead atoms. The molecule has 1 unspecified atom stereocenters. The first-order chi connectivity index (χ1) is 14.1. The van der Waals surface area contributed by atoms with Gasteiger partial charge in [-0.15, -0.1) is 0 Å². The van der Waals surface area contributed by atoms with Crippen LogP contribution in [0.15, 0.2) is 65.5 Å². The van der Waals surface area contributed by atoms with Gasteiger partial charge in [0.1, 0.15) is 7.11 Å². The highest BCUT2D eigenvalue weighted by Gasteiger charge is 2.42. The Hall–Kier alpha value is -3.36. The molecule has 1 atom stereocenters. The van der Waals surface area contributed by atoms with Crippen molar-refractivity contribution in [3.8, 4) is 0 Å². The summed E-state index contributed by atoms with van der Waals surface area (Å²) < 4.78 is 0. The third-order valence-corrected chi connectivity index (χ3v) is 4.45. The lowest BCUT2D eigenvalue weighted by Gasteiger charge is -2.14. The molecule has 0 aromatic heterocycles. The van der Waals surface area contributed by atoms with Gasteiger partial charge in [-0.1, -0.05) is 59.8 Å². The lowest BCUT2D eigenvalue weighted by molar-refractivity contribution is -0.114. The van der Waals surface area contributed by atoms with Gasteiger partial charge in [0, 0.05) is 23.7 Å². The predicted octanol–water partition coefficient (Wildman–Crippen LogP) is 2.57. The number of hydroxylamine groups is 3. The monoisotopic (exact) mass is 396 g/mol. The molecule has 8 heteroatoms. The number of nitrogens with zero attached hydrogens (tertiary/aromatic N) is 2. The molecule has 29 heavy (non-hydrogen) atoms. The molecule has 0 aliphatic carbocycles. The minimum Gasteiger partial charge on any atom is -0.398 e. The van der Waals surface area contributed by atoms with Gasteiger partial charge in [0.2, 0.25) is 6.23 Å². The van der Waals surface area contributed by atoms with Crippen LogP contribution in [0.2, 0.25) is 0 Å². The van der Waals surface area contributed by atoms with E-state index in [9.17, 15) is 4.79 Å². The Kier molecular flexibility index (Phi) is 6.48. The highest BCUT2D eigenvalue weighted by molar-refractivity contribution is 6.45. The van der Waals surface area contributed by atoms with Crippen LogP contribution in [0.25, 0.3) is 5.70 Å². The van der Waals surface area contributed by atoms with Gasteiger partial charge in [-0.05, 0) is 6.92 Å². The van der Waals surface area contributed by atoms with E-state index < -0.39 is 0 Å². The van der Waals surface area contributed by atoms with Gasteiger partial charge in [-0.25, -0.2) is 9.90 Å². The summed E-state index contributed by atoms with van der Waals surface area (Å²) in [7, 11) is 4.51. The van der Waals surface area contributed by atoms with Crippen molar-refractivity contribution in [2.45, 2.75) is 13.2 Å². The molecule has 2 aromatic rings. The zero-order chi connectivity index (χ0) is 20.8. The molecule has 152 valence electrons. The summed E-state index contributed by atoms with van der Waals surface area (Å²) in [4.78, 5) is 28.2. The normalized spacial score (nSPS) is 16.8. The lowest BCUT2D eigenvalue weighted by atomic mass is 10.0. The second-order valence-electron chi connectivity index (χ2n) is 6.21. The molecule has 1 aliphatic rings. The maximum atomic E-state index is 12.3. The molecule has 0 radical (unpaired) electrons. The first kappa shape index (κ1) is 20.4. The zero-order valence-corrected chi connectivity index (χ0v) is 16.8. The fourth-order valence-electron chi connectivity index (χ4n) is 3.03. The molecule has 0 spiro atoms. The molecular formula is C21H24N4O4. The highest BCUT2D eigenvalue weighted by Crippen LogP contribution is 2.43. The van der Waals surface area contributed by atoms with Crippen LogP contribution < -0.4 is 10.8 Å². The van der Waals surface area contributed by atoms with Crippen molar-refractivity contribution >= 4 is 17.3 Å². The van der Waals surface area contributed by atoms with Gasteiger partial charge in [0.15, 0.2) is 5.71 Å². The summed E-state index contributed by atoms with van der Waals surface area (Å²) in [6.45, 7) is 1.93. The quantitative estimate of drug-likeness (QED) is 0.405. The van der Waals surface area contributed by atoms with Crippen molar-refractivity contribution in [3.63, 3.8) is 0 Å². The summed E-state index contributed by atoms with van der Waals surface area (Å²) in [5.74, 6) is -0.343. The van der Waals surface area contributed by atoms with Crippen LogP contribution in [0.1, 0.15) is 29.8 Å². The fraction of sp³-hybridized carbons (Fsp3) is 0.238. The van der Waals surface area contributed by atoms with Crippen molar-refractivity contribution in [1.82, 2.24) is 15.9 Å². The molecule has 0 saturated carbocycles. The molecule has 2 N–H and O–H groups in total. The number of oxime groups is 1. The molecule has 1 saturated heterocycles. The van der Waals surface area contributed by atoms with Crippen molar-refractivity contribution in [1.29, 1.82) is 0 Å². The van der Waals surface area contributed by atoms with Crippen LogP contribution >= 0.6 is 0 Å². The minimum atomic E-state index is -0.365. The first-order valence-corrected chi connectivity index (χ1v) is 9.06. The molecule has 1 amide bonds. The molecule has 2 aromatic carbocycles. The molecule has 3 rings (SSSR count). The summed E-state index contributed by atoms with van der Waals surface area (Å²) in [6, 6.07) is 17.2. The van der Waals surface area contributed by atoms with Crippen molar-refractivity contribution in [2.24, 2.45) is 5.16 Å². The Morgan fingerprint density at radius 3 is 2.45 bits per heavy atom. The van der Waals surface area contributed by atoms with E-state index in [1.807, 2.05) is 61.5 Å². The standard InChI is InChI=1S/C21H24N4O4/c1-14(18(23-27-3)15-10-6-5-7-11-15)25-21(29-25)17-13-9-8-12-16(17)19(24-28-4)20(26)22-2/h5-13,21,23H,1-4H3,(H,22,26). The average Bonchev–Trinajstić information content (AvgIpc) is 3.56. The van der Waals surface area contributed by atoms with Crippen LogP contribution in [0.4, 0.5) is 0 Å². The molecule has 8 nitrogen and oxygen atoms in total. The topological polar surface area (TPSA) is 87.5 Å². The van der Waals surface area contributed by atoms with E-state index in [2.05, 4.69) is 16.0 Å². The van der Waals surface area contributed by atoms with Crippen molar-refractivity contribution in [3.05, 3.63) is 77.0 Å². The van der Waals surface area contributed by atoms with Gasteiger partial charge >= 0.3 is 0 Å². The number of amides is 1. The Balaban J connectivity index is 1.95. The van der Waals surface area contributed by atoms with Crippen LogP contribution in [0.5, 0.6) is 0 Å². The van der Waals surface area contributed by atoms with Gasteiger partial charge in [-0.2, -0.15) is 0 Å². The van der Waals surface area contributed by atoms with E-state index in [4.69, 9.17) is 14.5 Å². The predicted molar refractivity (Wildman–Crippen MR) is 109 cm³/mol.